The fourth-order valence-electron chi connectivity index (χ4n) is 0.749. The van der Waals surface area contributed by atoms with Gasteiger partial charge in [-0.2, -0.15) is 6.67 Å². The molecule has 0 saturated heterocycles. The van der Waals surface area contributed by atoms with Gasteiger partial charge in [0.25, 0.3) is 0 Å². The standard InChI is InChI=1S/C6H11N2O.Au/c1-7-2-3-8(6-7)4-5-9;/h2-3,6,9H,4-5H2,1H3;/q-1;+1. The number of hydrogen-bond acceptors (Lipinski definition) is 3. The fourth-order valence-corrected chi connectivity index (χ4v) is 0.749. The van der Waals surface area contributed by atoms with Crippen LogP contribution >= 0.6 is 0 Å². The summed E-state index contributed by atoms with van der Waals surface area (Å²) >= 11 is 0. The van der Waals surface area contributed by atoms with E-state index in [1.165, 1.54) is 0 Å². The number of β-amino-alcohol motifs (C(OH)–C–C–N with tert-alkyl or cyclic N) is 1. The minimum atomic E-state index is 0. The molecule has 1 aliphatic heterocycles. The summed E-state index contributed by atoms with van der Waals surface area (Å²) in [6, 6.07) is 0. The van der Waals surface area contributed by atoms with Crippen LogP contribution in [0.15, 0.2) is 12.4 Å². The molecule has 0 unspecified atom stereocenters. The smallest absolute Gasteiger partial charge is 0.511 e. The topological polar surface area (TPSA) is 26.7 Å². The van der Waals surface area contributed by atoms with Gasteiger partial charge < -0.3 is 14.9 Å². The van der Waals surface area contributed by atoms with Crippen LogP contribution in [0, 0.1) is 6.67 Å². The molecule has 62 valence electrons. The Bertz CT molecular complexity index is 118. The average Bonchev–Trinajstić information content (AvgIpc) is 2.17. The van der Waals surface area contributed by atoms with Crippen LogP contribution in [0.5, 0.6) is 0 Å². The molecule has 0 amide bonds. The molecule has 0 bridgehead atoms. The molecule has 10 heavy (non-hydrogen) atoms. The van der Waals surface area contributed by atoms with Crippen LogP contribution in [0.1, 0.15) is 0 Å². The molecule has 0 fully saturated rings. The summed E-state index contributed by atoms with van der Waals surface area (Å²) in [7, 11) is 1.95. The average molecular weight is 324 g/mol. The van der Waals surface area contributed by atoms with Crippen molar-refractivity contribution in [2.24, 2.45) is 0 Å². The monoisotopic (exact) mass is 324 g/mol. The predicted octanol–water partition coefficient (Wildman–Crippen LogP) is -0.186. The van der Waals surface area contributed by atoms with Gasteiger partial charge in [-0.25, -0.2) is 0 Å². The van der Waals surface area contributed by atoms with Gasteiger partial charge in [0.2, 0.25) is 0 Å². The Labute approximate surface area is 76.8 Å². The van der Waals surface area contributed by atoms with Gasteiger partial charge in [0.05, 0.1) is 6.61 Å². The van der Waals surface area contributed by atoms with E-state index in [1.807, 2.05) is 35.9 Å². The van der Waals surface area contributed by atoms with E-state index in [1.54, 1.807) is 0 Å². The minimum Gasteiger partial charge on any atom is -0.511 e. The first-order chi connectivity index (χ1) is 4.33. The van der Waals surface area contributed by atoms with E-state index in [0.717, 1.165) is 0 Å². The van der Waals surface area contributed by atoms with Crippen LogP contribution in [-0.2, 0) is 22.4 Å². The van der Waals surface area contributed by atoms with E-state index in [9.17, 15) is 0 Å². The van der Waals surface area contributed by atoms with Gasteiger partial charge in [-0.1, -0.05) is 0 Å². The van der Waals surface area contributed by atoms with E-state index >= 15 is 0 Å². The van der Waals surface area contributed by atoms with Crippen molar-refractivity contribution in [3.8, 4) is 0 Å². The van der Waals surface area contributed by atoms with Gasteiger partial charge in [-0.05, 0) is 19.4 Å². The third kappa shape index (κ3) is 2.75. The van der Waals surface area contributed by atoms with E-state index in [2.05, 4.69) is 0 Å². The zero-order valence-corrected chi connectivity index (χ0v) is 7.96. The van der Waals surface area contributed by atoms with Gasteiger partial charge in [0.1, 0.15) is 0 Å². The molecular formula is C6H11AuN2O. The van der Waals surface area contributed by atoms with Crippen LogP contribution in [0.2, 0.25) is 0 Å². The van der Waals surface area contributed by atoms with Crippen molar-refractivity contribution in [3.05, 3.63) is 19.1 Å². The van der Waals surface area contributed by atoms with Crippen LogP contribution in [0.25, 0.3) is 0 Å². The molecular weight excluding hydrogens is 313 g/mol. The SMILES string of the molecule is CN1C=CN(CCO)[CH-]1.[Au+]. The molecule has 0 radical (unpaired) electrons. The molecule has 1 N–H and O–H groups in total. The van der Waals surface area contributed by atoms with Gasteiger partial charge in [-0.3, -0.25) is 0 Å². The van der Waals surface area contributed by atoms with Crippen LogP contribution in [0.3, 0.4) is 0 Å². The molecule has 0 aliphatic carbocycles. The Balaban J connectivity index is 0.000000810. The van der Waals surface area contributed by atoms with E-state index < -0.39 is 0 Å². The zero-order valence-electron chi connectivity index (χ0n) is 5.79. The predicted molar refractivity (Wildman–Crippen MR) is 35.0 cm³/mol. The number of nitrogens with zero attached hydrogens (tertiary/aromatic N) is 2. The second-order valence-corrected chi connectivity index (χ2v) is 2.04. The molecule has 1 rings (SSSR count). The molecule has 0 aromatic rings. The summed E-state index contributed by atoms with van der Waals surface area (Å²) < 4.78 is 0. The maximum absolute atomic E-state index is 8.50. The van der Waals surface area contributed by atoms with Gasteiger partial charge in [-0.15, -0.1) is 0 Å². The Morgan fingerprint density at radius 3 is 2.60 bits per heavy atom. The first kappa shape index (κ1) is 10.0. The summed E-state index contributed by atoms with van der Waals surface area (Å²) in [4.78, 5) is 3.87. The molecule has 0 aromatic heterocycles. The maximum Gasteiger partial charge on any atom is 1.00 e. The number of hydrogen-bond donors (Lipinski definition) is 1. The molecule has 3 nitrogen and oxygen atoms in total. The number of rotatable bonds is 2. The second kappa shape index (κ2) is 4.79. The first-order valence-electron chi connectivity index (χ1n) is 2.95. The van der Waals surface area contributed by atoms with Crippen molar-refractivity contribution >= 4 is 0 Å². The van der Waals surface area contributed by atoms with Crippen LogP contribution < -0.4 is 0 Å². The van der Waals surface area contributed by atoms with Crippen molar-refractivity contribution < 1.29 is 27.5 Å². The Morgan fingerprint density at radius 1 is 1.50 bits per heavy atom. The Kier molecular flexibility index (Phi) is 4.81. The van der Waals surface area contributed by atoms with Crippen molar-refractivity contribution in [1.82, 2.24) is 9.80 Å². The van der Waals surface area contributed by atoms with Gasteiger partial charge in [0.15, 0.2) is 0 Å². The summed E-state index contributed by atoms with van der Waals surface area (Å²) in [6.45, 7) is 2.81. The summed E-state index contributed by atoms with van der Waals surface area (Å²) in [6.07, 6.45) is 3.87. The molecule has 0 aromatic carbocycles. The molecule has 4 heteroatoms. The van der Waals surface area contributed by atoms with Crippen molar-refractivity contribution in [2.45, 2.75) is 0 Å². The third-order valence-corrected chi connectivity index (χ3v) is 1.18. The van der Waals surface area contributed by atoms with Crippen LogP contribution in [0.4, 0.5) is 0 Å². The van der Waals surface area contributed by atoms with Crippen molar-refractivity contribution in [2.75, 3.05) is 20.2 Å². The van der Waals surface area contributed by atoms with E-state index in [4.69, 9.17) is 5.11 Å². The molecule has 0 saturated carbocycles. The maximum atomic E-state index is 8.50. The Hall–Kier alpha value is 0.0403. The van der Waals surface area contributed by atoms with E-state index in [0.29, 0.717) is 6.54 Å². The summed E-state index contributed by atoms with van der Waals surface area (Å²) in [5, 5.41) is 8.50. The third-order valence-electron chi connectivity index (χ3n) is 1.18. The number of aliphatic hydroxyl groups is 1. The first-order valence-corrected chi connectivity index (χ1v) is 2.95. The molecule has 1 heterocycles. The van der Waals surface area contributed by atoms with Crippen molar-refractivity contribution in [3.63, 3.8) is 0 Å². The summed E-state index contributed by atoms with van der Waals surface area (Å²) in [5.74, 6) is 0. The molecule has 1 aliphatic rings. The quantitative estimate of drug-likeness (QED) is 0.564. The van der Waals surface area contributed by atoms with Gasteiger partial charge in [0, 0.05) is 6.54 Å². The van der Waals surface area contributed by atoms with E-state index in [-0.39, 0.29) is 29.0 Å². The van der Waals surface area contributed by atoms with Crippen LogP contribution in [-0.4, -0.2) is 35.1 Å². The van der Waals surface area contributed by atoms with Gasteiger partial charge >= 0.3 is 22.4 Å². The summed E-state index contributed by atoms with van der Waals surface area (Å²) in [5.41, 5.74) is 0. The Morgan fingerprint density at radius 2 is 2.20 bits per heavy atom. The molecule has 0 atom stereocenters. The normalized spacial score (nSPS) is 15.8. The zero-order chi connectivity index (χ0) is 6.69. The largest absolute Gasteiger partial charge is 1.00 e. The minimum absolute atomic E-state index is 0. The number of aliphatic hydroxyl groups excluding tert-OH is 1. The van der Waals surface area contributed by atoms with Crippen molar-refractivity contribution in [1.29, 1.82) is 0 Å². The second-order valence-electron chi connectivity index (χ2n) is 2.04. The molecule has 0 spiro atoms. The fraction of sp³-hybridized carbons (Fsp3) is 0.500.